The number of carbonyl (C=O) groups is 1. The van der Waals surface area contributed by atoms with Crippen LogP contribution in [0, 0.1) is 0 Å². The van der Waals surface area contributed by atoms with Crippen LogP contribution in [0.3, 0.4) is 0 Å². The van der Waals surface area contributed by atoms with Crippen LogP contribution < -0.4 is 0 Å². The fraction of sp³-hybridized carbons (Fsp3) is 0.0833. The third-order valence-corrected chi connectivity index (χ3v) is 2.54. The number of aromatic amines is 1. The van der Waals surface area contributed by atoms with Crippen molar-refractivity contribution in [2.75, 3.05) is 0 Å². The molecule has 0 aliphatic heterocycles. The maximum Gasteiger partial charge on any atom is 0.176 e. The van der Waals surface area contributed by atoms with E-state index < -0.39 is 0 Å². The Bertz CT molecular complexity index is 660. The Morgan fingerprint density at radius 3 is 2.87 bits per heavy atom. The summed E-state index contributed by atoms with van der Waals surface area (Å²) in [5, 5.41) is 1.01. The van der Waals surface area contributed by atoms with Crippen LogP contribution in [0.15, 0.2) is 34.7 Å². The Kier molecular flexibility index (Phi) is 1.51. The lowest BCUT2D eigenvalue weighted by molar-refractivity contribution is 0.101. The summed E-state index contributed by atoms with van der Waals surface area (Å²) in [5.74, 6) is 0.0190. The van der Waals surface area contributed by atoms with Crippen LogP contribution >= 0.6 is 0 Å². The SMILES string of the molecule is CC(=O)c1cc2oc3ccccc3c2[nH]1. The van der Waals surface area contributed by atoms with Crippen LogP contribution in [0.25, 0.3) is 22.1 Å². The third-order valence-electron chi connectivity index (χ3n) is 2.54. The first-order valence-corrected chi connectivity index (χ1v) is 4.77. The molecule has 0 amide bonds. The quantitative estimate of drug-likeness (QED) is 0.612. The summed E-state index contributed by atoms with van der Waals surface area (Å²) >= 11 is 0. The van der Waals surface area contributed by atoms with Gasteiger partial charge in [0.25, 0.3) is 0 Å². The molecule has 3 aromatic rings. The molecule has 3 heteroatoms. The monoisotopic (exact) mass is 199 g/mol. The van der Waals surface area contributed by atoms with Crippen molar-refractivity contribution in [2.24, 2.45) is 0 Å². The number of fused-ring (bicyclic) bond motifs is 3. The summed E-state index contributed by atoms with van der Waals surface area (Å²) in [7, 11) is 0. The Balaban J connectivity index is 2.42. The molecule has 1 N–H and O–H groups in total. The average Bonchev–Trinajstić information content (AvgIpc) is 2.73. The molecule has 0 aliphatic carbocycles. The maximum atomic E-state index is 11.2. The molecule has 2 aromatic heterocycles. The number of nitrogens with one attached hydrogen (secondary N) is 1. The molecule has 0 radical (unpaired) electrons. The molecule has 1 aromatic carbocycles. The molecular weight excluding hydrogens is 190 g/mol. The highest BCUT2D eigenvalue weighted by atomic mass is 16.3. The molecule has 15 heavy (non-hydrogen) atoms. The van der Waals surface area contributed by atoms with E-state index in [2.05, 4.69) is 4.98 Å². The van der Waals surface area contributed by atoms with Crippen molar-refractivity contribution in [3.05, 3.63) is 36.0 Å². The van der Waals surface area contributed by atoms with Gasteiger partial charge in [0.2, 0.25) is 0 Å². The van der Waals surface area contributed by atoms with E-state index in [1.165, 1.54) is 6.92 Å². The summed E-state index contributed by atoms with van der Waals surface area (Å²) in [4.78, 5) is 14.3. The van der Waals surface area contributed by atoms with E-state index in [9.17, 15) is 4.79 Å². The average molecular weight is 199 g/mol. The highest BCUT2D eigenvalue weighted by Crippen LogP contribution is 2.28. The van der Waals surface area contributed by atoms with Gasteiger partial charge in [0.05, 0.1) is 11.2 Å². The number of hydrogen-bond acceptors (Lipinski definition) is 2. The molecule has 0 atom stereocenters. The summed E-state index contributed by atoms with van der Waals surface area (Å²) in [6.07, 6.45) is 0. The molecule has 0 saturated heterocycles. The molecule has 3 rings (SSSR count). The van der Waals surface area contributed by atoms with Crippen molar-refractivity contribution in [3.63, 3.8) is 0 Å². The van der Waals surface area contributed by atoms with Gasteiger partial charge in [-0.05, 0) is 12.1 Å². The summed E-state index contributed by atoms with van der Waals surface area (Å²) < 4.78 is 5.60. The first-order valence-electron chi connectivity index (χ1n) is 4.77. The fourth-order valence-corrected chi connectivity index (χ4v) is 1.79. The van der Waals surface area contributed by atoms with Gasteiger partial charge in [-0.2, -0.15) is 0 Å². The largest absolute Gasteiger partial charge is 0.454 e. The number of benzene rings is 1. The van der Waals surface area contributed by atoms with Crippen LogP contribution in [-0.4, -0.2) is 10.8 Å². The Morgan fingerprint density at radius 1 is 1.27 bits per heavy atom. The summed E-state index contributed by atoms with van der Waals surface area (Å²) in [6.45, 7) is 1.53. The van der Waals surface area contributed by atoms with Crippen LogP contribution in [0.5, 0.6) is 0 Å². The van der Waals surface area contributed by atoms with Gasteiger partial charge >= 0.3 is 0 Å². The van der Waals surface area contributed by atoms with E-state index in [-0.39, 0.29) is 5.78 Å². The molecule has 0 spiro atoms. The normalized spacial score (nSPS) is 11.3. The predicted octanol–water partition coefficient (Wildman–Crippen LogP) is 3.12. The number of rotatable bonds is 1. The molecule has 0 saturated carbocycles. The number of Topliss-reactive ketones (excluding diaryl/α,β-unsaturated/α-hetero) is 1. The first-order chi connectivity index (χ1) is 7.25. The molecule has 0 fully saturated rings. The minimum absolute atomic E-state index is 0.0190. The second-order valence-corrected chi connectivity index (χ2v) is 3.58. The molecule has 0 unspecified atom stereocenters. The lowest BCUT2D eigenvalue weighted by Gasteiger charge is -1.88. The zero-order valence-corrected chi connectivity index (χ0v) is 8.20. The Hall–Kier alpha value is -2.03. The molecule has 74 valence electrons. The predicted molar refractivity (Wildman–Crippen MR) is 58.1 cm³/mol. The lowest BCUT2D eigenvalue weighted by Crippen LogP contribution is -1.90. The van der Waals surface area contributed by atoms with Crippen molar-refractivity contribution >= 4 is 27.9 Å². The number of ketones is 1. The molecule has 2 heterocycles. The number of H-pyrrole nitrogens is 1. The highest BCUT2D eigenvalue weighted by molar-refractivity contribution is 6.06. The van der Waals surface area contributed by atoms with Gasteiger partial charge < -0.3 is 9.40 Å². The zero-order valence-electron chi connectivity index (χ0n) is 8.20. The van der Waals surface area contributed by atoms with Gasteiger partial charge in [0.1, 0.15) is 5.58 Å². The van der Waals surface area contributed by atoms with Gasteiger partial charge in [-0.3, -0.25) is 4.79 Å². The van der Waals surface area contributed by atoms with Crippen molar-refractivity contribution in [2.45, 2.75) is 6.92 Å². The molecular formula is C12H9NO2. The van der Waals surface area contributed by atoms with E-state index in [1.807, 2.05) is 24.3 Å². The minimum atomic E-state index is 0.0190. The van der Waals surface area contributed by atoms with Crippen LogP contribution in [-0.2, 0) is 0 Å². The Morgan fingerprint density at radius 2 is 2.07 bits per heavy atom. The van der Waals surface area contributed by atoms with Gasteiger partial charge in [-0.25, -0.2) is 0 Å². The van der Waals surface area contributed by atoms with Crippen molar-refractivity contribution in [1.29, 1.82) is 0 Å². The second kappa shape index (κ2) is 2.73. The van der Waals surface area contributed by atoms with Crippen molar-refractivity contribution < 1.29 is 9.21 Å². The van der Waals surface area contributed by atoms with Crippen molar-refractivity contribution in [1.82, 2.24) is 4.98 Å². The van der Waals surface area contributed by atoms with Crippen LogP contribution in [0.4, 0.5) is 0 Å². The smallest absolute Gasteiger partial charge is 0.176 e. The molecule has 0 aliphatic rings. The van der Waals surface area contributed by atoms with E-state index in [4.69, 9.17) is 4.42 Å². The van der Waals surface area contributed by atoms with E-state index in [0.717, 1.165) is 22.1 Å². The number of hydrogen-bond donors (Lipinski definition) is 1. The maximum absolute atomic E-state index is 11.2. The number of furan rings is 1. The van der Waals surface area contributed by atoms with Gasteiger partial charge in [0, 0.05) is 18.4 Å². The van der Waals surface area contributed by atoms with Crippen molar-refractivity contribution in [3.8, 4) is 0 Å². The first kappa shape index (κ1) is 8.29. The second-order valence-electron chi connectivity index (χ2n) is 3.58. The van der Waals surface area contributed by atoms with E-state index in [0.29, 0.717) is 5.69 Å². The third kappa shape index (κ3) is 1.09. The standard InChI is InChI=1S/C12H9NO2/c1-7(14)9-6-11-12(13-9)8-4-2-3-5-10(8)15-11/h2-6,13H,1H3. The van der Waals surface area contributed by atoms with Gasteiger partial charge in [0.15, 0.2) is 11.4 Å². The minimum Gasteiger partial charge on any atom is -0.454 e. The molecule has 3 nitrogen and oxygen atoms in total. The molecule has 0 bridgehead atoms. The number of aromatic nitrogens is 1. The highest BCUT2D eigenvalue weighted by Gasteiger charge is 2.11. The van der Waals surface area contributed by atoms with E-state index in [1.54, 1.807) is 6.07 Å². The van der Waals surface area contributed by atoms with E-state index >= 15 is 0 Å². The lowest BCUT2D eigenvalue weighted by atomic mass is 10.2. The Labute approximate surface area is 85.7 Å². The van der Waals surface area contributed by atoms with Gasteiger partial charge in [-0.1, -0.05) is 12.1 Å². The zero-order chi connectivity index (χ0) is 10.4. The number of para-hydroxylation sites is 1. The summed E-state index contributed by atoms with van der Waals surface area (Å²) in [5.41, 5.74) is 3.07. The fourth-order valence-electron chi connectivity index (χ4n) is 1.79. The van der Waals surface area contributed by atoms with Gasteiger partial charge in [-0.15, -0.1) is 0 Å². The van der Waals surface area contributed by atoms with Crippen LogP contribution in [0.1, 0.15) is 17.4 Å². The topological polar surface area (TPSA) is 46.0 Å². The summed E-state index contributed by atoms with van der Waals surface area (Å²) in [6, 6.07) is 9.51. The number of carbonyl (C=O) groups excluding carboxylic acids is 1. The van der Waals surface area contributed by atoms with Crippen LogP contribution in [0.2, 0.25) is 0 Å².